The van der Waals surface area contributed by atoms with Crippen LogP contribution in [0, 0.1) is 0 Å². The van der Waals surface area contributed by atoms with Gasteiger partial charge in [-0.15, -0.1) is 0 Å². The average Bonchev–Trinajstić information content (AvgIpc) is 3.40. The minimum atomic E-state index is -0.122. The lowest BCUT2D eigenvalue weighted by atomic mass is 9.80. The highest BCUT2D eigenvalue weighted by Crippen LogP contribution is 2.52. The smallest absolute Gasteiger partial charge is 0.0159 e. The predicted octanol–water partition coefficient (Wildman–Crippen LogP) is 14.2. The van der Waals surface area contributed by atoms with Gasteiger partial charge >= 0.3 is 0 Å². The van der Waals surface area contributed by atoms with Crippen LogP contribution in [0.1, 0.15) is 37.5 Å². The molecule has 1 aliphatic carbocycles. The first-order chi connectivity index (χ1) is 25.0. The van der Waals surface area contributed by atoms with Gasteiger partial charge in [0.05, 0.1) is 0 Å². The molecule has 0 saturated carbocycles. The Kier molecular flexibility index (Phi) is 5.81. The quantitative estimate of drug-likeness (QED) is 0.167. The third-order valence-corrected chi connectivity index (χ3v) is 12.2. The van der Waals surface area contributed by atoms with E-state index in [0.717, 1.165) is 6.42 Å². The van der Waals surface area contributed by atoms with Crippen molar-refractivity contribution in [3.63, 3.8) is 0 Å². The molecule has 0 amide bonds. The predicted molar refractivity (Wildman–Crippen MR) is 220 cm³/mol. The van der Waals surface area contributed by atoms with Crippen LogP contribution in [-0.2, 0) is 11.8 Å². The second-order valence-electron chi connectivity index (χ2n) is 15.1. The van der Waals surface area contributed by atoms with Crippen LogP contribution in [0.3, 0.4) is 0 Å². The summed E-state index contributed by atoms with van der Waals surface area (Å²) >= 11 is 0. The molecule has 10 aromatic carbocycles. The number of aryl methyl sites for hydroxylation is 1. The van der Waals surface area contributed by atoms with Gasteiger partial charge in [0.1, 0.15) is 0 Å². The molecule has 0 heteroatoms. The highest BCUT2D eigenvalue weighted by molar-refractivity contribution is 6.27. The summed E-state index contributed by atoms with van der Waals surface area (Å²) < 4.78 is 0. The van der Waals surface area contributed by atoms with Crippen LogP contribution in [0.2, 0.25) is 0 Å². The average molecular weight is 649 g/mol. The Bertz CT molecular complexity index is 3080. The van der Waals surface area contributed by atoms with Crippen LogP contribution in [0.25, 0.3) is 98.0 Å². The maximum atomic E-state index is 2.50. The third kappa shape index (κ3) is 3.91. The van der Waals surface area contributed by atoms with Gasteiger partial charge in [-0.1, -0.05) is 148 Å². The minimum absolute atomic E-state index is 0.122. The summed E-state index contributed by atoms with van der Waals surface area (Å²) in [6, 6.07) is 57.6. The zero-order chi connectivity index (χ0) is 34.0. The van der Waals surface area contributed by atoms with Crippen molar-refractivity contribution in [3.8, 4) is 33.4 Å². The Balaban J connectivity index is 1.07. The molecule has 0 bridgehead atoms. The van der Waals surface area contributed by atoms with Crippen LogP contribution in [0.4, 0.5) is 0 Å². The molecule has 0 aliphatic heterocycles. The van der Waals surface area contributed by atoms with Gasteiger partial charge < -0.3 is 0 Å². The van der Waals surface area contributed by atoms with Gasteiger partial charge in [0, 0.05) is 5.41 Å². The summed E-state index contributed by atoms with van der Waals surface area (Å²) in [5.74, 6) is 0. The van der Waals surface area contributed by atoms with Crippen molar-refractivity contribution in [2.24, 2.45) is 0 Å². The van der Waals surface area contributed by atoms with Gasteiger partial charge in [-0.3, -0.25) is 0 Å². The number of hydrogen-bond donors (Lipinski definition) is 0. The molecule has 0 atom stereocenters. The van der Waals surface area contributed by atoms with E-state index in [1.807, 2.05) is 0 Å². The van der Waals surface area contributed by atoms with Crippen LogP contribution < -0.4 is 0 Å². The first-order valence-electron chi connectivity index (χ1n) is 18.3. The molecule has 0 spiro atoms. The van der Waals surface area contributed by atoms with Crippen LogP contribution in [0.15, 0.2) is 152 Å². The lowest BCUT2D eigenvalue weighted by molar-refractivity contribution is 0.661. The van der Waals surface area contributed by atoms with Crippen LogP contribution in [0.5, 0.6) is 0 Å². The number of hydrogen-bond acceptors (Lipinski definition) is 0. The summed E-state index contributed by atoms with van der Waals surface area (Å²) in [5.41, 5.74) is 11.9. The number of fused-ring (bicyclic) bond motifs is 9. The van der Waals surface area contributed by atoms with Crippen molar-refractivity contribution in [3.05, 3.63) is 168 Å². The fourth-order valence-electron chi connectivity index (χ4n) is 9.60. The Hall–Kier alpha value is -5.98. The fraction of sp³-hybridized carbons (Fsp3) is 0.0980. The SMILES string of the molecule is CCc1ccc2ccc3c(-c4cccc(-c5ccc6c(c5)C(C)(C)c5cc7c8ccccc8c8ccccc8c7cc5-6)c4)ccc4ccc1c2c43. The van der Waals surface area contributed by atoms with E-state index in [9.17, 15) is 0 Å². The lowest BCUT2D eigenvalue weighted by Crippen LogP contribution is -2.15. The lowest BCUT2D eigenvalue weighted by Gasteiger charge is -2.23. The largest absolute Gasteiger partial charge is 0.0616 e. The molecule has 0 aromatic heterocycles. The summed E-state index contributed by atoms with van der Waals surface area (Å²) in [7, 11) is 0. The van der Waals surface area contributed by atoms with Crippen LogP contribution in [-0.4, -0.2) is 0 Å². The highest BCUT2D eigenvalue weighted by atomic mass is 14.4. The van der Waals surface area contributed by atoms with Gasteiger partial charge in [0.2, 0.25) is 0 Å². The molecule has 1 aliphatic rings. The Labute approximate surface area is 297 Å². The molecule has 0 saturated heterocycles. The standard InChI is InChI=1S/C51H36/c1-4-30-16-17-31-20-25-43-36(22-18-32-19-23-37(30)49(31)50(32)43)35-11-9-10-33(26-35)34-21-24-42-46-28-44-40-14-7-5-12-38(40)39-13-6-8-15-41(39)45(44)29-48(46)51(2,3)47(42)27-34/h5-29H,4H2,1-3H3. The van der Waals surface area contributed by atoms with E-state index in [1.54, 1.807) is 0 Å². The Morgan fingerprint density at radius 2 is 0.922 bits per heavy atom. The van der Waals surface area contributed by atoms with E-state index in [2.05, 4.69) is 172 Å². The topological polar surface area (TPSA) is 0 Å². The van der Waals surface area contributed by atoms with Crippen molar-refractivity contribution in [1.82, 2.24) is 0 Å². The van der Waals surface area contributed by atoms with Gasteiger partial charge in [-0.25, -0.2) is 0 Å². The monoisotopic (exact) mass is 648 g/mol. The maximum absolute atomic E-state index is 2.50. The van der Waals surface area contributed by atoms with E-state index >= 15 is 0 Å². The number of rotatable bonds is 3. The van der Waals surface area contributed by atoms with Gasteiger partial charge in [0.15, 0.2) is 0 Å². The van der Waals surface area contributed by atoms with Crippen molar-refractivity contribution >= 4 is 64.6 Å². The van der Waals surface area contributed by atoms with Gasteiger partial charge in [0.25, 0.3) is 0 Å². The fourth-order valence-corrected chi connectivity index (χ4v) is 9.60. The molecule has 10 aromatic rings. The molecular formula is C51H36. The molecule has 240 valence electrons. The summed E-state index contributed by atoms with van der Waals surface area (Å²) in [5, 5.41) is 16.1. The molecule has 0 fully saturated rings. The van der Waals surface area contributed by atoms with E-state index in [0.29, 0.717) is 0 Å². The minimum Gasteiger partial charge on any atom is -0.0616 e. The summed E-state index contributed by atoms with van der Waals surface area (Å²) in [6.45, 7) is 7.07. The Morgan fingerprint density at radius 3 is 1.65 bits per heavy atom. The molecule has 51 heavy (non-hydrogen) atoms. The zero-order valence-electron chi connectivity index (χ0n) is 29.1. The molecule has 11 rings (SSSR count). The highest BCUT2D eigenvalue weighted by Gasteiger charge is 2.36. The van der Waals surface area contributed by atoms with Gasteiger partial charge in [-0.2, -0.15) is 0 Å². The molecule has 0 nitrogen and oxygen atoms in total. The van der Waals surface area contributed by atoms with Crippen LogP contribution >= 0.6 is 0 Å². The van der Waals surface area contributed by atoms with E-state index in [1.165, 1.54) is 115 Å². The second kappa shape index (κ2) is 10.3. The summed E-state index contributed by atoms with van der Waals surface area (Å²) in [4.78, 5) is 0. The Morgan fingerprint density at radius 1 is 0.373 bits per heavy atom. The molecule has 0 N–H and O–H groups in total. The van der Waals surface area contributed by atoms with E-state index in [-0.39, 0.29) is 5.41 Å². The molecular weight excluding hydrogens is 613 g/mol. The van der Waals surface area contributed by atoms with Crippen molar-refractivity contribution in [1.29, 1.82) is 0 Å². The van der Waals surface area contributed by atoms with Crippen molar-refractivity contribution in [2.75, 3.05) is 0 Å². The number of benzene rings is 10. The van der Waals surface area contributed by atoms with Crippen molar-refractivity contribution < 1.29 is 0 Å². The normalized spacial score (nSPS) is 13.6. The van der Waals surface area contributed by atoms with E-state index < -0.39 is 0 Å². The first kappa shape index (κ1) is 28.8. The summed E-state index contributed by atoms with van der Waals surface area (Å²) in [6.07, 6.45) is 1.04. The van der Waals surface area contributed by atoms with Crippen molar-refractivity contribution in [2.45, 2.75) is 32.6 Å². The second-order valence-corrected chi connectivity index (χ2v) is 15.1. The van der Waals surface area contributed by atoms with E-state index in [4.69, 9.17) is 0 Å². The molecule has 0 radical (unpaired) electrons. The molecule has 0 heterocycles. The maximum Gasteiger partial charge on any atom is 0.0159 e. The first-order valence-corrected chi connectivity index (χ1v) is 18.3. The van der Waals surface area contributed by atoms with Gasteiger partial charge in [-0.05, 0) is 145 Å². The molecule has 0 unspecified atom stereocenters. The zero-order valence-corrected chi connectivity index (χ0v) is 29.1. The third-order valence-electron chi connectivity index (χ3n) is 12.2.